The van der Waals surface area contributed by atoms with Crippen molar-refractivity contribution in [1.82, 2.24) is 0 Å². The molecule has 0 saturated heterocycles. The third-order valence-electron chi connectivity index (χ3n) is 3.45. The fourth-order valence-corrected chi connectivity index (χ4v) is 2.33. The van der Waals surface area contributed by atoms with Crippen LogP contribution in [0.3, 0.4) is 0 Å². The second-order valence-corrected chi connectivity index (χ2v) is 4.74. The topological polar surface area (TPSA) is 53.7 Å². The van der Waals surface area contributed by atoms with Crippen LogP contribution in [0.1, 0.15) is 17.2 Å². The van der Waals surface area contributed by atoms with Gasteiger partial charge in [-0.15, -0.1) is 0 Å². The van der Waals surface area contributed by atoms with E-state index in [9.17, 15) is 0 Å². The summed E-state index contributed by atoms with van der Waals surface area (Å²) in [5.41, 5.74) is 8.41. The van der Waals surface area contributed by atoms with Gasteiger partial charge < -0.3 is 19.9 Å². The van der Waals surface area contributed by atoms with Gasteiger partial charge in [-0.2, -0.15) is 0 Å². The van der Waals surface area contributed by atoms with E-state index in [2.05, 4.69) is 0 Å². The molecule has 4 nitrogen and oxygen atoms in total. The number of hydrogen-bond donors (Lipinski definition) is 1. The second kappa shape index (κ2) is 6.99. The van der Waals surface area contributed by atoms with Gasteiger partial charge in [0.05, 0.1) is 21.3 Å². The molecule has 0 saturated carbocycles. The minimum atomic E-state index is -0.163. The molecule has 2 N–H and O–H groups in total. The average Bonchev–Trinajstić information content (AvgIpc) is 2.54. The molecule has 0 amide bonds. The first-order valence-corrected chi connectivity index (χ1v) is 6.79. The Labute approximate surface area is 125 Å². The molecule has 2 rings (SSSR count). The minimum Gasteiger partial charge on any atom is -0.497 e. The monoisotopic (exact) mass is 287 g/mol. The molecule has 21 heavy (non-hydrogen) atoms. The van der Waals surface area contributed by atoms with Gasteiger partial charge in [-0.05, 0) is 30.2 Å². The summed E-state index contributed by atoms with van der Waals surface area (Å²) >= 11 is 0. The summed E-state index contributed by atoms with van der Waals surface area (Å²) in [6.07, 6.45) is 0.716. The molecule has 2 aromatic carbocycles. The Morgan fingerprint density at radius 1 is 0.905 bits per heavy atom. The van der Waals surface area contributed by atoms with Gasteiger partial charge in [0, 0.05) is 11.6 Å². The summed E-state index contributed by atoms with van der Waals surface area (Å²) in [5.74, 6) is 2.23. The van der Waals surface area contributed by atoms with E-state index in [4.69, 9.17) is 19.9 Å². The smallest absolute Gasteiger partial charge is 0.165 e. The van der Waals surface area contributed by atoms with Crippen LogP contribution in [0.5, 0.6) is 17.2 Å². The van der Waals surface area contributed by atoms with Gasteiger partial charge in [0.1, 0.15) is 5.75 Å². The maximum Gasteiger partial charge on any atom is 0.165 e. The largest absolute Gasteiger partial charge is 0.497 e. The van der Waals surface area contributed by atoms with Crippen LogP contribution in [0.4, 0.5) is 0 Å². The van der Waals surface area contributed by atoms with Gasteiger partial charge in [0.2, 0.25) is 0 Å². The van der Waals surface area contributed by atoms with E-state index >= 15 is 0 Å². The molecule has 0 aliphatic heterocycles. The summed E-state index contributed by atoms with van der Waals surface area (Å²) in [6.45, 7) is 0. The van der Waals surface area contributed by atoms with E-state index in [0.29, 0.717) is 17.9 Å². The lowest BCUT2D eigenvalue weighted by Crippen LogP contribution is -2.14. The van der Waals surface area contributed by atoms with Crippen LogP contribution in [-0.2, 0) is 6.42 Å². The SMILES string of the molecule is COc1ccc(CC(N)c2cccc(OC)c2OC)cc1. The van der Waals surface area contributed by atoms with Crippen LogP contribution in [0.25, 0.3) is 0 Å². The lowest BCUT2D eigenvalue weighted by atomic mass is 9.98. The highest BCUT2D eigenvalue weighted by Gasteiger charge is 2.16. The molecule has 0 aromatic heterocycles. The van der Waals surface area contributed by atoms with Crippen molar-refractivity contribution in [3.8, 4) is 17.2 Å². The molecule has 0 spiro atoms. The molecule has 0 radical (unpaired) electrons. The Kier molecular flexibility index (Phi) is 5.06. The van der Waals surface area contributed by atoms with Gasteiger partial charge in [-0.1, -0.05) is 24.3 Å². The fraction of sp³-hybridized carbons (Fsp3) is 0.294. The predicted molar refractivity (Wildman–Crippen MR) is 83.2 cm³/mol. The van der Waals surface area contributed by atoms with Crippen molar-refractivity contribution in [2.45, 2.75) is 12.5 Å². The number of benzene rings is 2. The number of hydrogen-bond acceptors (Lipinski definition) is 4. The van der Waals surface area contributed by atoms with Crippen molar-refractivity contribution in [3.63, 3.8) is 0 Å². The quantitative estimate of drug-likeness (QED) is 0.887. The average molecular weight is 287 g/mol. The first-order valence-electron chi connectivity index (χ1n) is 6.79. The van der Waals surface area contributed by atoms with E-state index in [0.717, 1.165) is 16.9 Å². The van der Waals surface area contributed by atoms with Crippen molar-refractivity contribution < 1.29 is 14.2 Å². The van der Waals surface area contributed by atoms with Gasteiger partial charge in [0.15, 0.2) is 11.5 Å². The standard InChI is InChI=1S/C17H21NO3/c1-19-13-9-7-12(8-10-13)11-15(18)14-5-4-6-16(20-2)17(14)21-3/h4-10,15H,11,18H2,1-3H3. The summed E-state index contributed by atoms with van der Waals surface area (Å²) in [6, 6.07) is 13.5. The molecule has 1 unspecified atom stereocenters. The maximum atomic E-state index is 6.33. The summed E-state index contributed by atoms with van der Waals surface area (Å²) in [4.78, 5) is 0. The fourth-order valence-electron chi connectivity index (χ4n) is 2.33. The van der Waals surface area contributed by atoms with Crippen molar-refractivity contribution in [3.05, 3.63) is 53.6 Å². The van der Waals surface area contributed by atoms with Crippen LogP contribution >= 0.6 is 0 Å². The van der Waals surface area contributed by atoms with E-state index in [1.54, 1.807) is 21.3 Å². The highest BCUT2D eigenvalue weighted by Crippen LogP contribution is 2.34. The highest BCUT2D eigenvalue weighted by molar-refractivity contribution is 5.48. The molecule has 112 valence electrons. The lowest BCUT2D eigenvalue weighted by Gasteiger charge is -2.18. The first kappa shape index (κ1) is 15.2. The zero-order valence-corrected chi connectivity index (χ0v) is 12.6. The van der Waals surface area contributed by atoms with E-state index in [1.165, 1.54) is 0 Å². The second-order valence-electron chi connectivity index (χ2n) is 4.74. The molecule has 0 bridgehead atoms. The van der Waals surface area contributed by atoms with Gasteiger partial charge in [-0.3, -0.25) is 0 Å². The van der Waals surface area contributed by atoms with Crippen LogP contribution in [-0.4, -0.2) is 21.3 Å². The normalized spacial score (nSPS) is 11.8. The van der Waals surface area contributed by atoms with Crippen molar-refractivity contribution in [1.29, 1.82) is 0 Å². The van der Waals surface area contributed by atoms with Crippen LogP contribution in [0.2, 0.25) is 0 Å². The van der Waals surface area contributed by atoms with Crippen molar-refractivity contribution >= 4 is 0 Å². The van der Waals surface area contributed by atoms with Gasteiger partial charge >= 0.3 is 0 Å². The molecule has 0 heterocycles. The summed E-state index contributed by atoms with van der Waals surface area (Å²) in [5, 5.41) is 0. The lowest BCUT2D eigenvalue weighted by molar-refractivity contribution is 0.349. The Morgan fingerprint density at radius 2 is 1.62 bits per heavy atom. The Bertz CT molecular complexity index is 581. The summed E-state index contributed by atoms with van der Waals surface area (Å²) in [7, 11) is 4.90. The molecule has 2 aromatic rings. The first-order chi connectivity index (χ1) is 10.2. The van der Waals surface area contributed by atoms with Crippen molar-refractivity contribution in [2.75, 3.05) is 21.3 Å². The minimum absolute atomic E-state index is 0.163. The third kappa shape index (κ3) is 3.47. The predicted octanol–water partition coefficient (Wildman–Crippen LogP) is 2.95. The van der Waals surface area contributed by atoms with Gasteiger partial charge in [0.25, 0.3) is 0 Å². The summed E-state index contributed by atoms with van der Waals surface area (Å²) < 4.78 is 15.9. The molecular formula is C17H21NO3. The van der Waals surface area contributed by atoms with E-state index < -0.39 is 0 Å². The highest BCUT2D eigenvalue weighted by atomic mass is 16.5. The van der Waals surface area contributed by atoms with E-state index in [-0.39, 0.29) is 6.04 Å². The van der Waals surface area contributed by atoms with Crippen molar-refractivity contribution in [2.24, 2.45) is 5.73 Å². The zero-order chi connectivity index (χ0) is 15.2. The number of rotatable bonds is 6. The van der Waals surface area contributed by atoms with Crippen LogP contribution < -0.4 is 19.9 Å². The molecule has 0 fully saturated rings. The Morgan fingerprint density at radius 3 is 2.19 bits per heavy atom. The Hall–Kier alpha value is -2.20. The van der Waals surface area contributed by atoms with Gasteiger partial charge in [-0.25, -0.2) is 0 Å². The molecular weight excluding hydrogens is 266 g/mol. The third-order valence-corrected chi connectivity index (χ3v) is 3.45. The number of methoxy groups -OCH3 is 3. The maximum absolute atomic E-state index is 6.33. The number of para-hydroxylation sites is 1. The molecule has 0 aliphatic carbocycles. The van der Waals surface area contributed by atoms with E-state index in [1.807, 2.05) is 42.5 Å². The van der Waals surface area contributed by atoms with Crippen LogP contribution in [0.15, 0.2) is 42.5 Å². The zero-order valence-electron chi connectivity index (χ0n) is 12.6. The molecule has 1 atom stereocenters. The Balaban J connectivity index is 2.21. The molecule has 0 aliphatic rings. The van der Waals surface area contributed by atoms with Crippen LogP contribution in [0, 0.1) is 0 Å². The number of ether oxygens (including phenoxy) is 3. The number of nitrogens with two attached hydrogens (primary N) is 1. The molecule has 4 heteroatoms.